The van der Waals surface area contributed by atoms with Crippen LogP contribution >= 0.6 is 0 Å². The molecule has 1 N–H and O–H groups in total. The smallest absolute Gasteiger partial charge is 0.115 e. The molecule has 0 bridgehead atoms. The Balaban J connectivity index is 2.07. The molecule has 136 valence electrons. The molecule has 0 aliphatic heterocycles. The fourth-order valence-electron chi connectivity index (χ4n) is 3.77. The summed E-state index contributed by atoms with van der Waals surface area (Å²) < 4.78 is 2.12. The van der Waals surface area contributed by atoms with Crippen molar-refractivity contribution in [2.75, 3.05) is 0 Å². The third-order valence-electron chi connectivity index (χ3n) is 5.12. The van der Waals surface area contributed by atoms with Crippen LogP contribution in [0.2, 0.25) is 0 Å². The maximum Gasteiger partial charge on any atom is 0.115 e. The second kappa shape index (κ2) is 6.58. The van der Waals surface area contributed by atoms with Crippen LogP contribution in [-0.4, -0.2) is 14.9 Å². The van der Waals surface area contributed by atoms with Gasteiger partial charge in [-0.3, -0.25) is 4.68 Å². The molecule has 0 spiro atoms. The van der Waals surface area contributed by atoms with Crippen molar-refractivity contribution >= 4 is 10.9 Å². The highest BCUT2D eigenvalue weighted by atomic mass is 16.3. The number of nitrogens with zero attached hydrogens (tertiary/aromatic N) is 2. The van der Waals surface area contributed by atoms with Gasteiger partial charge >= 0.3 is 0 Å². The third-order valence-corrected chi connectivity index (χ3v) is 5.12. The number of hydrogen-bond donors (Lipinski definition) is 1. The predicted octanol–water partition coefficient (Wildman–Crippen LogP) is 6.27. The Labute approximate surface area is 159 Å². The number of hydrogen-bond acceptors (Lipinski definition) is 2. The zero-order valence-electron chi connectivity index (χ0n) is 16.2. The van der Waals surface area contributed by atoms with Crippen LogP contribution < -0.4 is 0 Å². The molecule has 3 heteroatoms. The molecule has 1 aromatic heterocycles. The van der Waals surface area contributed by atoms with E-state index in [2.05, 4.69) is 67.9 Å². The fourth-order valence-corrected chi connectivity index (χ4v) is 3.77. The van der Waals surface area contributed by atoms with Crippen molar-refractivity contribution in [3.8, 4) is 28.1 Å². The number of aromatic hydroxyl groups is 1. The second-order valence-electron chi connectivity index (χ2n) is 7.40. The summed E-state index contributed by atoms with van der Waals surface area (Å²) in [5, 5.41) is 15.9. The molecule has 3 nitrogen and oxygen atoms in total. The summed E-state index contributed by atoms with van der Waals surface area (Å²) in [6.07, 6.45) is 0. The van der Waals surface area contributed by atoms with Gasteiger partial charge in [0.05, 0.1) is 5.52 Å². The van der Waals surface area contributed by atoms with Gasteiger partial charge in [0.1, 0.15) is 11.4 Å². The Kier molecular flexibility index (Phi) is 4.23. The van der Waals surface area contributed by atoms with E-state index in [9.17, 15) is 5.11 Å². The van der Waals surface area contributed by atoms with E-state index in [1.54, 1.807) is 12.1 Å². The van der Waals surface area contributed by atoms with Crippen molar-refractivity contribution in [3.63, 3.8) is 0 Å². The van der Waals surface area contributed by atoms with Crippen LogP contribution in [0.15, 0.2) is 60.7 Å². The normalized spacial score (nSPS) is 11.4. The summed E-state index contributed by atoms with van der Waals surface area (Å²) in [6.45, 7) is 8.48. The molecule has 0 atom stereocenters. The highest BCUT2D eigenvalue weighted by Crippen LogP contribution is 2.38. The van der Waals surface area contributed by atoms with Gasteiger partial charge in [-0.15, -0.1) is 0 Å². The SMILES string of the molecule is Cc1cc(O)ccc1-c1nn(C(C)C)c2c(-c3ccccc3C)cccc12. The predicted molar refractivity (Wildman–Crippen MR) is 112 cm³/mol. The lowest BCUT2D eigenvalue weighted by Gasteiger charge is -2.12. The van der Waals surface area contributed by atoms with Gasteiger partial charge in [-0.1, -0.05) is 42.5 Å². The maximum atomic E-state index is 9.79. The third kappa shape index (κ3) is 2.89. The first-order valence-electron chi connectivity index (χ1n) is 9.34. The minimum atomic E-state index is 0.240. The number of aryl methyl sites for hydroxylation is 2. The molecule has 0 radical (unpaired) electrons. The molecule has 0 aliphatic rings. The lowest BCUT2D eigenvalue weighted by atomic mass is 9.96. The Hall–Kier alpha value is -3.07. The summed E-state index contributed by atoms with van der Waals surface area (Å²) in [5.41, 5.74) is 7.89. The van der Waals surface area contributed by atoms with Crippen LogP contribution in [0, 0.1) is 13.8 Å². The van der Waals surface area contributed by atoms with E-state index in [1.165, 1.54) is 16.7 Å². The molecule has 27 heavy (non-hydrogen) atoms. The molecule has 0 fully saturated rings. The van der Waals surface area contributed by atoms with Gasteiger partial charge in [-0.25, -0.2) is 0 Å². The quantitative estimate of drug-likeness (QED) is 0.469. The monoisotopic (exact) mass is 356 g/mol. The molecule has 0 saturated carbocycles. The summed E-state index contributed by atoms with van der Waals surface area (Å²) >= 11 is 0. The van der Waals surface area contributed by atoms with E-state index in [0.29, 0.717) is 0 Å². The minimum Gasteiger partial charge on any atom is -0.508 e. The van der Waals surface area contributed by atoms with Crippen LogP contribution in [0.4, 0.5) is 0 Å². The van der Waals surface area contributed by atoms with Crippen LogP contribution in [0.3, 0.4) is 0 Å². The lowest BCUT2D eigenvalue weighted by molar-refractivity contribution is 0.475. The second-order valence-corrected chi connectivity index (χ2v) is 7.40. The van der Waals surface area contributed by atoms with E-state index in [1.807, 2.05) is 13.0 Å². The molecule has 0 amide bonds. The summed E-state index contributed by atoms with van der Waals surface area (Å²) in [6, 6.07) is 20.6. The Bertz CT molecular complexity index is 1140. The average Bonchev–Trinajstić information content (AvgIpc) is 3.02. The van der Waals surface area contributed by atoms with E-state index in [4.69, 9.17) is 5.10 Å². The number of phenols is 1. The zero-order chi connectivity index (χ0) is 19.1. The van der Waals surface area contributed by atoms with E-state index < -0.39 is 0 Å². The molecule has 4 aromatic rings. The molecule has 1 heterocycles. The zero-order valence-corrected chi connectivity index (χ0v) is 16.2. The summed E-state index contributed by atoms with van der Waals surface area (Å²) in [7, 11) is 0. The summed E-state index contributed by atoms with van der Waals surface area (Å²) in [4.78, 5) is 0. The average molecular weight is 356 g/mol. The van der Waals surface area contributed by atoms with Crippen molar-refractivity contribution in [3.05, 3.63) is 71.8 Å². The molecular formula is C24H24N2O. The molecule has 0 unspecified atom stereocenters. The Morgan fingerprint density at radius 1 is 0.815 bits per heavy atom. The van der Waals surface area contributed by atoms with Gasteiger partial charge < -0.3 is 5.11 Å². The highest BCUT2D eigenvalue weighted by Gasteiger charge is 2.19. The van der Waals surface area contributed by atoms with Crippen LogP contribution in [0.5, 0.6) is 5.75 Å². The van der Waals surface area contributed by atoms with E-state index >= 15 is 0 Å². The lowest BCUT2D eigenvalue weighted by Crippen LogP contribution is -2.03. The summed E-state index contributed by atoms with van der Waals surface area (Å²) in [5.74, 6) is 0.282. The standard InChI is InChI=1S/C24H24N2O/c1-15(2)26-24-21(19-9-6-5-8-16(19)3)10-7-11-22(24)23(25-26)20-13-12-18(27)14-17(20)4/h5-15,27H,1-4H3. The number of benzene rings is 3. The molecule has 0 aliphatic carbocycles. The molecule has 3 aromatic carbocycles. The van der Waals surface area contributed by atoms with Crippen molar-refractivity contribution in [1.82, 2.24) is 9.78 Å². The topological polar surface area (TPSA) is 38.1 Å². The number of phenolic OH excluding ortho intramolecular Hbond substituents is 1. The first-order chi connectivity index (χ1) is 13.0. The molecule has 4 rings (SSSR count). The van der Waals surface area contributed by atoms with Crippen molar-refractivity contribution < 1.29 is 5.11 Å². The van der Waals surface area contributed by atoms with E-state index in [-0.39, 0.29) is 11.8 Å². The molecule has 0 saturated heterocycles. The van der Waals surface area contributed by atoms with Gasteiger partial charge in [-0.2, -0.15) is 5.10 Å². The van der Waals surface area contributed by atoms with Gasteiger partial charge in [0.15, 0.2) is 0 Å². The number of rotatable bonds is 3. The first kappa shape index (κ1) is 17.3. The molecular weight excluding hydrogens is 332 g/mol. The van der Waals surface area contributed by atoms with E-state index in [0.717, 1.165) is 27.7 Å². The van der Waals surface area contributed by atoms with Crippen molar-refractivity contribution in [2.45, 2.75) is 33.7 Å². The van der Waals surface area contributed by atoms with Crippen LogP contribution in [-0.2, 0) is 0 Å². The van der Waals surface area contributed by atoms with Crippen LogP contribution in [0.1, 0.15) is 31.0 Å². The largest absolute Gasteiger partial charge is 0.508 e. The Morgan fingerprint density at radius 2 is 1.56 bits per heavy atom. The van der Waals surface area contributed by atoms with Crippen LogP contribution in [0.25, 0.3) is 33.3 Å². The van der Waals surface area contributed by atoms with Gasteiger partial charge in [0, 0.05) is 22.6 Å². The van der Waals surface area contributed by atoms with Crippen molar-refractivity contribution in [2.24, 2.45) is 0 Å². The fraction of sp³-hybridized carbons (Fsp3) is 0.208. The number of aromatic nitrogens is 2. The first-order valence-corrected chi connectivity index (χ1v) is 9.34. The van der Waals surface area contributed by atoms with Gasteiger partial charge in [0.25, 0.3) is 0 Å². The number of fused-ring (bicyclic) bond motifs is 1. The number of para-hydroxylation sites is 1. The minimum absolute atomic E-state index is 0.240. The van der Waals surface area contributed by atoms with Crippen molar-refractivity contribution in [1.29, 1.82) is 0 Å². The maximum absolute atomic E-state index is 9.79. The van der Waals surface area contributed by atoms with Gasteiger partial charge in [-0.05, 0) is 62.6 Å². The van der Waals surface area contributed by atoms with Gasteiger partial charge in [0.2, 0.25) is 0 Å². The Morgan fingerprint density at radius 3 is 2.26 bits per heavy atom. The highest BCUT2D eigenvalue weighted by molar-refractivity contribution is 6.02.